The maximum atomic E-state index is 12.7. The minimum atomic E-state index is -0.220. The summed E-state index contributed by atoms with van der Waals surface area (Å²) in [5, 5.41) is 6.30. The Morgan fingerprint density at radius 1 is 1.19 bits per heavy atom. The summed E-state index contributed by atoms with van der Waals surface area (Å²) in [5.41, 5.74) is 2.25. The van der Waals surface area contributed by atoms with E-state index in [9.17, 15) is 9.59 Å². The summed E-state index contributed by atoms with van der Waals surface area (Å²) < 4.78 is 5.61. The smallest absolute Gasteiger partial charge is 0.256 e. The number of fused-ring (bicyclic) bond motifs is 1. The molecule has 0 saturated heterocycles. The molecule has 1 aliphatic carbocycles. The number of anilines is 1. The highest BCUT2D eigenvalue weighted by Gasteiger charge is 2.28. The first kappa shape index (κ1) is 19.4. The molecule has 1 atom stereocenters. The second-order valence-electron chi connectivity index (χ2n) is 7.28. The van der Waals surface area contributed by atoms with Crippen LogP contribution in [-0.4, -0.2) is 25.0 Å². The van der Waals surface area contributed by atoms with Crippen molar-refractivity contribution in [2.24, 2.45) is 5.92 Å². The van der Waals surface area contributed by atoms with Crippen molar-refractivity contribution < 1.29 is 14.3 Å². The van der Waals surface area contributed by atoms with E-state index in [1.807, 2.05) is 13.8 Å². The van der Waals surface area contributed by atoms with Crippen LogP contribution in [0.2, 0.25) is 0 Å². The van der Waals surface area contributed by atoms with Crippen molar-refractivity contribution in [2.45, 2.75) is 46.1 Å². The molecule has 0 aliphatic heterocycles. The van der Waals surface area contributed by atoms with Crippen molar-refractivity contribution >= 4 is 28.2 Å². The molecule has 0 spiro atoms. The molecule has 0 bridgehead atoms. The summed E-state index contributed by atoms with van der Waals surface area (Å²) in [6.07, 6.45) is 2.99. The Morgan fingerprint density at radius 2 is 1.89 bits per heavy atom. The van der Waals surface area contributed by atoms with Crippen molar-refractivity contribution in [1.29, 1.82) is 0 Å². The van der Waals surface area contributed by atoms with E-state index in [2.05, 4.69) is 17.6 Å². The van der Waals surface area contributed by atoms with Crippen LogP contribution in [0.5, 0.6) is 5.75 Å². The van der Waals surface area contributed by atoms with Gasteiger partial charge in [-0.05, 0) is 68.9 Å². The standard InChI is InChI=1S/C21H26N2O3S/c1-12(2)26-15-8-6-14(7-9-15)19(24)23-21-18(20(25)22-4)16-10-5-13(3)11-17(16)27-21/h6-9,12-13H,5,10-11H2,1-4H3,(H,22,25)(H,23,24)/t13-/m1/s1. The maximum absolute atomic E-state index is 12.7. The predicted octanol–water partition coefficient (Wildman–Crippen LogP) is 4.27. The van der Waals surface area contributed by atoms with E-state index >= 15 is 0 Å². The summed E-state index contributed by atoms with van der Waals surface area (Å²) in [6, 6.07) is 7.05. The summed E-state index contributed by atoms with van der Waals surface area (Å²) in [6.45, 7) is 6.14. The van der Waals surface area contributed by atoms with E-state index in [0.29, 0.717) is 22.0 Å². The van der Waals surface area contributed by atoms with Crippen molar-refractivity contribution in [3.63, 3.8) is 0 Å². The molecule has 27 heavy (non-hydrogen) atoms. The fourth-order valence-electron chi connectivity index (χ4n) is 3.34. The number of thiophene rings is 1. The first-order chi connectivity index (χ1) is 12.9. The number of nitrogens with one attached hydrogen (secondary N) is 2. The van der Waals surface area contributed by atoms with Gasteiger partial charge < -0.3 is 15.4 Å². The Labute approximate surface area is 164 Å². The van der Waals surface area contributed by atoms with Gasteiger partial charge in [-0.25, -0.2) is 0 Å². The van der Waals surface area contributed by atoms with E-state index in [1.165, 1.54) is 16.2 Å². The van der Waals surface area contributed by atoms with Crippen LogP contribution in [0.4, 0.5) is 5.00 Å². The molecule has 0 fully saturated rings. The molecule has 2 aromatic rings. The van der Waals surface area contributed by atoms with Gasteiger partial charge in [0, 0.05) is 17.5 Å². The topological polar surface area (TPSA) is 67.4 Å². The van der Waals surface area contributed by atoms with Gasteiger partial charge >= 0.3 is 0 Å². The largest absolute Gasteiger partial charge is 0.491 e. The average Bonchev–Trinajstić information content (AvgIpc) is 2.97. The number of benzene rings is 1. The molecule has 1 aromatic carbocycles. The second kappa shape index (κ2) is 8.13. The Morgan fingerprint density at radius 3 is 2.52 bits per heavy atom. The third-order valence-electron chi connectivity index (χ3n) is 4.68. The molecule has 2 amide bonds. The third-order valence-corrected chi connectivity index (χ3v) is 5.85. The van der Waals surface area contributed by atoms with Gasteiger partial charge in [0.15, 0.2) is 0 Å². The van der Waals surface area contributed by atoms with Crippen LogP contribution in [0.15, 0.2) is 24.3 Å². The van der Waals surface area contributed by atoms with Crippen LogP contribution in [0.3, 0.4) is 0 Å². The number of carbonyl (C=O) groups is 2. The SMILES string of the molecule is CNC(=O)c1c(NC(=O)c2ccc(OC(C)C)cc2)sc2c1CC[C@@H](C)C2. The van der Waals surface area contributed by atoms with Crippen LogP contribution < -0.4 is 15.4 Å². The molecular formula is C21H26N2O3S. The highest BCUT2D eigenvalue weighted by molar-refractivity contribution is 7.17. The van der Waals surface area contributed by atoms with Gasteiger partial charge in [-0.3, -0.25) is 9.59 Å². The van der Waals surface area contributed by atoms with Gasteiger partial charge in [0.05, 0.1) is 11.7 Å². The van der Waals surface area contributed by atoms with Gasteiger partial charge in [-0.1, -0.05) is 6.92 Å². The first-order valence-electron chi connectivity index (χ1n) is 9.33. The zero-order valence-corrected chi connectivity index (χ0v) is 17.0. The van der Waals surface area contributed by atoms with Crippen LogP contribution in [0.1, 0.15) is 58.3 Å². The van der Waals surface area contributed by atoms with Crippen molar-refractivity contribution in [1.82, 2.24) is 5.32 Å². The lowest BCUT2D eigenvalue weighted by molar-refractivity contribution is 0.0963. The number of hydrogen-bond donors (Lipinski definition) is 2. The lowest BCUT2D eigenvalue weighted by Crippen LogP contribution is -2.22. The number of carbonyl (C=O) groups excluding carboxylic acids is 2. The molecule has 1 heterocycles. The molecule has 1 aromatic heterocycles. The minimum Gasteiger partial charge on any atom is -0.491 e. The van der Waals surface area contributed by atoms with Gasteiger partial charge in [-0.15, -0.1) is 11.3 Å². The summed E-state index contributed by atoms with van der Waals surface area (Å²) in [4.78, 5) is 26.4. The summed E-state index contributed by atoms with van der Waals surface area (Å²) >= 11 is 1.53. The van der Waals surface area contributed by atoms with E-state index in [-0.39, 0.29) is 17.9 Å². The van der Waals surface area contributed by atoms with Gasteiger partial charge in [0.1, 0.15) is 10.8 Å². The van der Waals surface area contributed by atoms with Crippen molar-refractivity contribution in [3.05, 3.63) is 45.8 Å². The molecule has 5 nitrogen and oxygen atoms in total. The van der Waals surface area contributed by atoms with Crippen molar-refractivity contribution in [2.75, 3.05) is 12.4 Å². The number of amides is 2. The molecule has 0 saturated carbocycles. The fourth-order valence-corrected chi connectivity index (χ4v) is 4.74. The molecule has 0 unspecified atom stereocenters. The molecule has 6 heteroatoms. The quantitative estimate of drug-likeness (QED) is 0.806. The van der Waals surface area contributed by atoms with E-state index in [0.717, 1.165) is 30.6 Å². The van der Waals surface area contributed by atoms with Crippen LogP contribution >= 0.6 is 11.3 Å². The van der Waals surface area contributed by atoms with Crippen LogP contribution in [0.25, 0.3) is 0 Å². The molecule has 2 N–H and O–H groups in total. The molecule has 144 valence electrons. The summed E-state index contributed by atoms with van der Waals surface area (Å²) in [7, 11) is 1.62. The number of hydrogen-bond acceptors (Lipinski definition) is 4. The maximum Gasteiger partial charge on any atom is 0.256 e. The van der Waals surface area contributed by atoms with Crippen LogP contribution in [-0.2, 0) is 12.8 Å². The Kier molecular flexibility index (Phi) is 5.85. The van der Waals surface area contributed by atoms with Crippen molar-refractivity contribution in [3.8, 4) is 5.75 Å². The normalized spacial score (nSPS) is 16.0. The molecule has 1 aliphatic rings. The zero-order chi connectivity index (χ0) is 19.6. The third kappa shape index (κ3) is 4.33. The Balaban J connectivity index is 1.84. The molecule has 0 radical (unpaired) electrons. The minimum absolute atomic E-state index is 0.0830. The number of ether oxygens (including phenoxy) is 1. The first-order valence-corrected chi connectivity index (χ1v) is 10.1. The van der Waals surface area contributed by atoms with E-state index in [4.69, 9.17) is 4.74 Å². The predicted molar refractivity (Wildman–Crippen MR) is 109 cm³/mol. The monoisotopic (exact) mass is 386 g/mol. The molecular weight excluding hydrogens is 360 g/mol. The van der Waals surface area contributed by atoms with Crippen LogP contribution in [0, 0.1) is 5.92 Å². The van der Waals surface area contributed by atoms with Gasteiger partial charge in [0.2, 0.25) is 0 Å². The highest BCUT2D eigenvalue weighted by Crippen LogP contribution is 2.39. The lowest BCUT2D eigenvalue weighted by Gasteiger charge is -2.18. The summed E-state index contributed by atoms with van der Waals surface area (Å²) in [5.74, 6) is 0.972. The van der Waals surface area contributed by atoms with Gasteiger partial charge in [0.25, 0.3) is 11.8 Å². The lowest BCUT2D eigenvalue weighted by atomic mass is 9.88. The van der Waals surface area contributed by atoms with E-state index in [1.54, 1.807) is 31.3 Å². The second-order valence-corrected chi connectivity index (χ2v) is 8.39. The Bertz CT molecular complexity index is 840. The fraction of sp³-hybridized carbons (Fsp3) is 0.429. The van der Waals surface area contributed by atoms with Gasteiger partial charge in [-0.2, -0.15) is 0 Å². The zero-order valence-electron chi connectivity index (χ0n) is 16.2. The highest BCUT2D eigenvalue weighted by atomic mass is 32.1. The average molecular weight is 387 g/mol. The molecule has 3 rings (SSSR count). The van der Waals surface area contributed by atoms with E-state index < -0.39 is 0 Å². The Hall–Kier alpha value is -2.34. The number of rotatable bonds is 5.